The number of hydrogen-bond donors (Lipinski definition) is 1. The number of esters is 1. The molecule has 0 spiro atoms. The first-order chi connectivity index (χ1) is 16.3. The lowest BCUT2D eigenvalue weighted by Crippen LogP contribution is -2.39. The SMILES string of the molecule is CC[C@H](C)OC(=O)C1C(C)=NC2=C(C(=O)C[C@H](c3ccccc3)C2)[C@@H]1c1ccc(O)c(OC)c1. The van der Waals surface area contributed by atoms with E-state index in [9.17, 15) is 14.7 Å². The van der Waals surface area contributed by atoms with Gasteiger partial charge < -0.3 is 14.6 Å². The van der Waals surface area contributed by atoms with Crippen LogP contribution in [-0.4, -0.2) is 35.8 Å². The molecule has 0 saturated heterocycles. The fraction of sp³-hybridized carbons (Fsp3) is 0.393. The molecule has 0 amide bonds. The van der Waals surface area contributed by atoms with Gasteiger partial charge in [-0.15, -0.1) is 0 Å². The number of benzene rings is 2. The van der Waals surface area contributed by atoms with E-state index in [-0.39, 0.29) is 23.6 Å². The molecule has 1 N–H and O–H groups in total. The van der Waals surface area contributed by atoms with Gasteiger partial charge in [0.15, 0.2) is 17.3 Å². The Labute approximate surface area is 200 Å². The van der Waals surface area contributed by atoms with Gasteiger partial charge in [0.1, 0.15) is 5.92 Å². The first-order valence-corrected chi connectivity index (χ1v) is 11.8. The van der Waals surface area contributed by atoms with E-state index in [1.54, 1.807) is 12.1 Å². The molecule has 0 fully saturated rings. The monoisotopic (exact) mass is 461 g/mol. The van der Waals surface area contributed by atoms with Crippen LogP contribution in [0.5, 0.6) is 11.5 Å². The minimum absolute atomic E-state index is 0.000467. The number of ketones is 1. The van der Waals surface area contributed by atoms with Crippen LogP contribution in [-0.2, 0) is 14.3 Å². The van der Waals surface area contributed by atoms with Gasteiger partial charge >= 0.3 is 5.97 Å². The second-order valence-electron chi connectivity index (χ2n) is 9.09. The highest BCUT2D eigenvalue weighted by Gasteiger charge is 2.45. The number of ether oxygens (including phenoxy) is 2. The highest BCUT2D eigenvalue weighted by Crippen LogP contribution is 2.48. The van der Waals surface area contributed by atoms with Crippen molar-refractivity contribution in [1.82, 2.24) is 0 Å². The molecule has 1 aliphatic heterocycles. The summed E-state index contributed by atoms with van der Waals surface area (Å²) in [5.74, 6) is -1.34. The van der Waals surface area contributed by atoms with Crippen LogP contribution in [0.25, 0.3) is 0 Å². The second kappa shape index (κ2) is 9.84. The quantitative estimate of drug-likeness (QED) is 0.589. The van der Waals surface area contributed by atoms with Gasteiger partial charge in [0.25, 0.3) is 0 Å². The molecular formula is C28H31NO5. The highest BCUT2D eigenvalue weighted by atomic mass is 16.5. The molecule has 1 unspecified atom stereocenters. The molecule has 4 rings (SSSR count). The predicted molar refractivity (Wildman–Crippen MR) is 130 cm³/mol. The number of hydrogen-bond acceptors (Lipinski definition) is 6. The number of carbonyl (C=O) groups is 2. The molecule has 1 heterocycles. The lowest BCUT2D eigenvalue weighted by atomic mass is 9.69. The highest BCUT2D eigenvalue weighted by molar-refractivity contribution is 6.09. The molecule has 0 radical (unpaired) electrons. The van der Waals surface area contributed by atoms with Gasteiger partial charge in [-0.1, -0.05) is 43.3 Å². The fourth-order valence-electron chi connectivity index (χ4n) is 4.93. The number of phenols is 1. The van der Waals surface area contributed by atoms with E-state index >= 15 is 0 Å². The molecule has 0 saturated carbocycles. The molecule has 2 aromatic rings. The third-order valence-electron chi connectivity index (χ3n) is 6.87. The van der Waals surface area contributed by atoms with Crippen LogP contribution in [0, 0.1) is 5.92 Å². The van der Waals surface area contributed by atoms with E-state index in [1.165, 1.54) is 13.2 Å². The van der Waals surface area contributed by atoms with Crippen molar-refractivity contribution in [3.63, 3.8) is 0 Å². The number of aromatic hydroxyl groups is 1. The Hall–Kier alpha value is -3.41. The zero-order valence-corrected chi connectivity index (χ0v) is 20.1. The van der Waals surface area contributed by atoms with Crippen LogP contribution < -0.4 is 4.74 Å². The minimum atomic E-state index is -0.723. The third-order valence-corrected chi connectivity index (χ3v) is 6.87. The van der Waals surface area contributed by atoms with Crippen molar-refractivity contribution in [3.05, 3.63) is 70.9 Å². The van der Waals surface area contributed by atoms with Crippen molar-refractivity contribution >= 4 is 17.5 Å². The van der Waals surface area contributed by atoms with Crippen molar-refractivity contribution in [2.24, 2.45) is 10.9 Å². The Morgan fingerprint density at radius 1 is 1.15 bits per heavy atom. The summed E-state index contributed by atoms with van der Waals surface area (Å²) < 4.78 is 11.0. The van der Waals surface area contributed by atoms with Gasteiger partial charge in [-0.2, -0.15) is 0 Å². The van der Waals surface area contributed by atoms with E-state index in [2.05, 4.69) is 0 Å². The van der Waals surface area contributed by atoms with Gasteiger partial charge in [0, 0.05) is 29.3 Å². The normalized spacial score (nSPS) is 23.1. The Bertz CT molecular complexity index is 1150. The summed E-state index contributed by atoms with van der Waals surface area (Å²) in [6.07, 6.45) is 1.44. The van der Waals surface area contributed by atoms with Crippen LogP contribution in [0.1, 0.15) is 63.0 Å². The van der Waals surface area contributed by atoms with Crippen LogP contribution >= 0.6 is 0 Å². The first kappa shape index (κ1) is 23.7. The second-order valence-corrected chi connectivity index (χ2v) is 9.09. The zero-order chi connectivity index (χ0) is 24.4. The Morgan fingerprint density at radius 2 is 1.88 bits per heavy atom. The van der Waals surface area contributed by atoms with Gasteiger partial charge in [0.2, 0.25) is 0 Å². The molecular weight excluding hydrogens is 430 g/mol. The molecule has 1 aliphatic carbocycles. The third kappa shape index (κ3) is 4.49. The lowest BCUT2D eigenvalue weighted by molar-refractivity contribution is -0.151. The maximum Gasteiger partial charge on any atom is 0.315 e. The van der Waals surface area contributed by atoms with Crippen molar-refractivity contribution in [2.45, 2.75) is 58.0 Å². The van der Waals surface area contributed by atoms with Crippen LogP contribution in [0.2, 0.25) is 0 Å². The summed E-state index contributed by atoms with van der Waals surface area (Å²) in [6, 6.07) is 15.0. The van der Waals surface area contributed by atoms with Crippen LogP contribution in [0.3, 0.4) is 0 Å². The maximum absolute atomic E-state index is 13.6. The summed E-state index contributed by atoms with van der Waals surface area (Å²) in [7, 11) is 1.47. The molecule has 34 heavy (non-hydrogen) atoms. The minimum Gasteiger partial charge on any atom is -0.504 e. The van der Waals surface area contributed by atoms with E-state index in [4.69, 9.17) is 14.5 Å². The number of aliphatic imine (C=N–C) groups is 1. The van der Waals surface area contributed by atoms with Gasteiger partial charge in [-0.05, 0) is 55.9 Å². The number of methoxy groups -OCH3 is 1. The summed E-state index contributed by atoms with van der Waals surface area (Å²) in [4.78, 5) is 31.7. The van der Waals surface area contributed by atoms with Gasteiger partial charge in [-0.25, -0.2) is 0 Å². The number of nitrogens with zero attached hydrogens (tertiary/aromatic N) is 1. The topological polar surface area (TPSA) is 85.2 Å². The number of carbonyl (C=O) groups excluding carboxylic acids is 2. The summed E-state index contributed by atoms with van der Waals surface area (Å²) in [6.45, 7) is 5.64. The standard InChI is InChI=1S/C28H31NO5/c1-5-16(2)34-28(32)25-17(3)29-21-13-20(18-9-7-6-8-10-18)14-23(31)27(21)26(25)19-11-12-22(30)24(15-19)33-4/h6-12,15-16,20,25-26,30H,5,13-14H2,1-4H3/t16-,20+,25?,26+/m0/s1. The van der Waals surface area contributed by atoms with E-state index in [0.717, 1.165) is 11.3 Å². The average Bonchev–Trinajstić information content (AvgIpc) is 2.83. The average molecular weight is 462 g/mol. The summed E-state index contributed by atoms with van der Waals surface area (Å²) in [5.41, 5.74) is 3.75. The van der Waals surface area contributed by atoms with E-state index < -0.39 is 17.8 Å². The smallest absolute Gasteiger partial charge is 0.315 e. The number of allylic oxidation sites excluding steroid dienone is 2. The molecule has 178 valence electrons. The summed E-state index contributed by atoms with van der Waals surface area (Å²) in [5, 5.41) is 10.1. The van der Waals surface area contributed by atoms with E-state index in [0.29, 0.717) is 41.9 Å². The van der Waals surface area contributed by atoms with Crippen molar-refractivity contribution < 1.29 is 24.2 Å². The van der Waals surface area contributed by atoms with Crippen LogP contribution in [0.4, 0.5) is 0 Å². The number of Topliss-reactive ketones (excluding diaryl/α,β-unsaturated/α-hetero) is 1. The summed E-state index contributed by atoms with van der Waals surface area (Å²) >= 11 is 0. The molecule has 0 aromatic heterocycles. The molecule has 6 nitrogen and oxygen atoms in total. The largest absolute Gasteiger partial charge is 0.504 e. The Balaban J connectivity index is 1.81. The number of rotatable bonds is 6. The lowest BCUT2D eigenvalue weighted by Gasteiger charge is -2.37. The van der Waals surface area contributed by atoms with E-state index in [1.807, 2.05) is 51.1 Å². The van der Waals surface area contributed by atoms with Gasteiger partial charge in [-0.3, -0.25) is 14.6 Å². The van der Waals surface area contributed by atoms with Gasteiger partial charge in [0.05, 0.1) is 13.2 Å². The van der Waals surface area contributed by atoms with Crippen LogP contribution in [0.15, 0.2) is 64.8 Å². The van der Waals surface area contributed by atoms with Crippen molar-refractivity contribution in [2.75, 3.05) is 7.11 Å². The van der Waals surface area contributed by atoms with Crippen molar-refractivity contribution in [3.8, 4) is 11.5 Å². The molecule has 4 atom stereocenters. The molecule has 6 heteroatoms. The zero-order valence-electron chi connectivity index (χ0n) is 20.1. The number of phenolic OH excluding ortho intramolecular Hbond substituents is 1. The Morgan fingerprint density at radius 3 is 2.56 bits per heavy atom. The molecule has 0 bridgehead atoms. The first-order valence-electron chi connectivity index (χ1n) is 11.8. The predicted octanol–water partition coefficient (Wildman–Crippen LogP) is 5.32. The molecule has 2 aliphatic rings. The van der Waals surface area contributed by atoms with Crippen molar-refractivity contribution in [1.29, 1.82) is 0 Å². The Kier molecular flexibility index (Phi) is 6.87. The fourth-order valence-corrected chi connectivity index (χ4v) is 4.93. The maximum atomic E-state index is 13.6. The molecule has 2 aromatic carbocycles.